The van der Waals surface area contributed by atoms with Crippen LogP contribution in [-0.2, 0) is 9.59 Å². The third kappa shape index (κ3) is 3.47. The number of anilines is 1. The molecule has 0 aromatic carbocycles. The topological polar surface area (TPSA) is 62.3 Å². The van der Waals surface area contributed by atoms with Gasteiger partial charge in [0.05, 0.1) is 6.04 Å². The molecule has 5 heteroatoms. The lowest BCUT2D eigenvalue weighted by atomic mass is 9.98. The van der Waals surface area contributed by atoms with Crippen LogP contribution >= 0.6 is 0 Å². The molecule has 114 valence electrons. The summed E-state index contributed by atoms with van der Waals surface area (Å²) in [6, 6.07) is 6.34. The van der Waals surface area contributed by atoms with Crippen LogP contribution in [0.5, 0.6) is 0 Å². The van der Waals surface area contributed by atoms with E-state index in [1.807, 2.05) is 25.1 Å². The van der Waals surface area contributed by atoms with E-state index in [0.29, 0.717) is 17.8 Å². The van der Waals surface area contributed by atoms with Crippen LogP contribution in [0.2, 0.25) is 0 Å². The minimum atomic E-state index is 0.0334. The number of likely N-dealkylation sites (tertiary alicyclic amines) is 1. The lowest BCUT2D eigenvalue weighted by molar-refractivity contribution is -0.122. The summed E-state index contributed by atoms with van der Waals surface area (Å²) in [6.45, 7) is 3.37. The summed E-state index contributed by atoms with van der Waals surface area (Å²) in [7, 11) is 2.07. The van der Waals surface area contributed by atoms with Gasteiger partial charge in [0.2, 0.25) is 5.91 Å². The van der Waals surface area contributed by atoms with Crippen molar-refractivity contribution >= 4 is 18.0 Å². The molecule has 2 fully saturated rings. The molecule has 0 radical (unpaired) electrons. The van der Waals surface area contributed by atoms with Gasteiger partial charge in [0.1, 0.15) is 12.1 Å². The van der Waals surface area contributed by atoms with Crippen LogP contribution in [0.3, 0.4) is 0 Å². The van der Waals surface area contributed by atoms with Gasteiger partial charge in [-0.05, 0) is 58.2 Å². The first-order chi connectivity index (χ1) is 10.1. The van der Waals surface area contributed by atoms with E-state index in [2.05, 4.69) is 22.2 Å². The standard InChI is InChI=1S/C14H19N3O.C2H4O/c1-9-4-3-5-12(15-9)16-14(18)13-10-6-7-11(8-10)17(13)2;1-2-3/h3-5,10-11,13H,6-8H2,1-2H3,(H,15,16,18);2H,1H3. The molecule has 1 saturated carbocycles. The van der Waals surface area contributed by atoms with Crippen LogP contribution in [-0.4, -0.2) is 41.2 Å². The average molecular weight is 289 g/mol. The van der Waals surface area contributed by atoms with E-state index >= 15 is 0 Å². The maximum absolute atomic E-state index is 12.3. The molecular weight excluding hydrogens is 266 g/mol. The molecule has 1 aromatic rings. The number of aromatic nitrogens is 1. The zero-order chi connectivity index (χ0) is 15.4. The fourth-order valence-corrected chi connectivity index (χ4v) is 3.42. The molecule has 1 aliphatic heterocycles. The number of likely N-dealkylation sites (N-methyl/N-ethyl adjacent to an activating group) is 1. The molecule has 0 spiro atoms. The Kier molecular flexibility index (Phi) is 5.07. The highest BCUT2D eigenvalue weighted by atomic mass is 16.2. The molecule has 1 saturated heterocycles. The van der Waals surface area contributed by atoms with Crippen molar-refractivity contribution in [3.05, 3.63) is 23.9 Å². The second kappa shape index (κ2) is 6.80. The number of hydrogen-bond acceptors (Lipinski definition) is 4. The van der Waals surface area contributed by atoms with Crippen molar-refractivity contribution in [3.8, 4) is 0 Å². The van der Waals surface area contributed by atoms with Gasteiger partial charge in [-0.1, -0.05) is 6.07 Å². The van der Waals surface area contributed by atoms with Crippen molar-refractivity contribution < 1.29 is 9.59 Å². The van der Waals surface area contributed by atoms with E-state index < -0.39 is 0 Å². The van der Waals surface area contributed by atoms with E-state index in [1.54, 1.807) is 0 Å². The summed E-state index contributed by atoms with van der Waals surface area (Å²) >= 11 is 0. The summed E-state index contributed by atoms with van der Waals surface area (Å²) in [5.41, 5.74) is 0.925. The number of nitrogens with one attached hydrogen (secondary N) is 1. The number of aldehydes is 1. The van der Waals surface area contributed by atoms with Crippen LogP contribution < -0.4 is 5.32 Å². The van der Waals surface area contributed by atoms with Crippen molar-refractivity contribution in [2.75, 3.05) is 12.4 Å². The summed E-state index contributed by atoms with van der Waals surface area (Å²) < 4.78 is 0. The smallest absolute Gasteiger partial charge is 0.243 e. The Hall–Kier alpha value is -1.75. The fourth-order valence-electron chi connectivity index (χ4n) is 3.42. The molecule has 1 aromatic heterocycles. The van der Waals surface area contributed by atoms with Crippen LogP contribution in [0.4, 0.5) is 5.82 Å². The third-order valence-electron chi connectivity index (χ3n) is 4.31. The first-order valence-electron chi connectivity index (χ1n) is 7.43. The van der Waals surface area contributed by atoms with E-state index in [9.17, 15) is 4.79 Å². The molecule has 1 N–H and O–H groups in total. The Morgan fingerprint density at radius 2 is 2.14 bits per heavy atom. The number of rotatable bonds is 2. The number of carbonyl (C=O) groups is 2. The zero-order valence-electron chi connectivity index (χ0n) is 12.9. The minimum absolute atomic E-state index is 0.0334. The molecule has 2 heterocycles. The molecule has 3 unspecified atom stereocenters. The maximum Gasteiger partial charge on any atom is 0.243 e. The molecule has 3 rings (SSSR count). The predicted octanol–water partition coefficient (Wildman–Crippen LogP) is 2.02. The van der Waals surface area contributed by atoms with E-state index in [-0.39, 0.29) is 11.9 Å². The molecule has 1 aliphatic carbocycles. The van der Waals surface area contributed by atoms with Gasteiger partial charge in [-0.2, -0.15) is 0 Å². The van der Waals surface area contributed by atoms with Crippen molar-refractivity contribution in [2.24, 2.45) is 5.92 Å². The van der Waals surface area contributed by atoms with Crippen LogP contribution in [0, 0.1) is 12.8 Å². The van der Waals surface area contributed by atoms with Crippen molar-refractivity contribution in [3.63, 3.8) is 0 Å². The number of carbonyl (C=O) groups excluding carboxylic acids is 2. The summed E-state index contributed by atoms with van der Waals surface area (Å²) in [5.74, 6) is 1.30. The van der Waals surface area contributed by atoms with Gasteiger partial charge in [-0.3, -0.25) is 9.69 Å². The summed E-state index contributed by atoms with van der Waals surface area (Å²) in [4.78, 5) is 27.7. The Bertz CT molecular complexity index is 516. The lowest BCUT2D eigenvalue weighted by Gasteiger charge is -2.30. The monoisotopic (exact) mass is 289 g/mol. The molecule has 1 amide bonds. The number of fused-ring (bicyclic) bond motifs is 2. The molecule has 5 nitrogen and oxygen atoms in total. The van der Waals surface area contributed by atoms with Crippen molar-refractivity contribution in [2.45, 2.75) is 45.2 Å². The first kappa shape index (κ1) is 15.6. The van der Waals surface area contributed by atoms with Crippen LogP contribution in [0.1, 0.15) is 31.9 Å². The fraction of sp³-hybridized carbons (Fsp3) is 0.562. The molecule has 2 bridgehead atoms. The van der Waals surface area contributed by atoms with Crippen LogP contribution in [0.25, 0.3) is 0 Å². The van der Waals surface area contributed by atoms with Gasteiger partial charge in [-0.15, -0.1) is 0 Å². The third-order valence-corrected chi connectivity index (χ3v) is 4.31. The van der Waals surface area contributed by atoms with Crippen LogP contribution in [0.15, 0.2) is 18.2 Å². The van der Waals surface area contributed by atoms with E-state index in [0.717, 1.165) is 12.0 Å². The normalized spacial score (nSPS) is 26.9. The number of pyridine rings is 1. The van der Waals surface area contributed by atoms with Crippen molar-refractivity contribution in [1.82, 2.24) is 9.88 Å². The Balaban J connectivity index is 0.000000497. The second-order valence-corrected chi connectivity index (χ2v) is 5.73. The Morgan fingerprint density at radius 3 is 2.71 bits per heavy atom. The summed E-state index contributed by atoms with van der Waals surface area (Å²) in [6.07, 6.45) is 4.36. The van der Waals surface area contributed by atoms with E-state index in [4.69, 9.17) is 4.79 Å². The highest BCUT2D eigenvalue weighted by Gasteiger charge is 2.47. The minimum Gasteiger partial charge on any atom is -0.309 e. The average Bonchev–Trinajstić information content (AvgIpc) is 3.00. The number of amides is 1. The molecule has 2 aliphatic rings. The van der Waals surface area contributed by atoms with Gasteiger partial charge >= 0.3 is 0 Å². The number of hydrogen-bond donors (Lipinski definition) is 1. The largest absolute Gasteiger partial charge is 0.309 e. The Morgan fingerprint density at radius 1 is 1.43 bits per heavy atom. The molecule has 3 atom stereocenters. The predicted molar refractivity (Wildman–Crippen MR) is 82.0 cm³/mol. The van der Waals surface area contributed by atoms with Gasteiger partial charge in [0.25, 0.3) is 0 Å². The second-order valence-electron chi connectivity index (χ2n) is 5.73. The van der Waals surface area contributed by atoms with Gasteiger partial charge < -0.3 is 10.1 Å². The summed E-state index contributed by atoms with van der Waals surface area (Å²) in [5, 5.41) is 2.95. The highest BCUT2D eigenvalue weighted by Crippen LogP contribution is 2.41. The van der Waals surface area contributed by atoms with Crippen molar-refractivity contribution in [1.29, 1.82) is 0 Å². The number of aryl methyl sites for hydroxylation is 1. The van der Waals surface area contributed by atoms with Gasteiger partial charge in [-0.25, -0.2) is 4.98 Å². The highest BCUT2D eigenvalue weighted by molar-refractivity contribution is 5.94. The molecule has 21 heavy (non-hydrogen) atoms. The lowest BCUT2D eigenvalue weighted by Crippen LogP contribution is -2.45. The zero-order valence-corrected chi connectivity index (χ0v) is 12.9. The first-order valence-corrected chi connectivity index (χ1v) is 7.43. The Labute approximate surface area is 125 Å². The maximum atomic E-state index is 12.3. The van der Waals surface area contributed by atoms with Gasteiger partial charge in [0.15, 0.2) is 0 Å². The number of piperidine rings is 1. The van der Waals surface area contributed by atoms with Gasteiger partial charge in [0, 0.05) is 11.7 Å². The quantitative estimate of drug-likeness (QED) is 0.846. The molecular formula is C16H23N3O2. The van der Waals surface area contributed by atoms with E-state index in [1.165, 1.54) is 26.2 Å². The number of nitrogens with zero attached hydrogens (tertiary/aromatic N) is 2. The SMILES string of the molecule is CC=O.Cc1cccc(NC(=O)C2C3CCC(C3)N2C)n1.